The third kappa shape index (κ3) is 2.38. The highest BCUT2D eigenvalue weighted by Crippen LogP contribution is 2.08. The van der Waals surface area contributed by atoms with Crippen LogP contribution in [0.15, 0.2) is 0 Å². The summed E-state index contributed by atoms with van der Waals surface area (Å²) in [5, 5.41) is 0. The summed E-state index contributed by atoms with van der Waals surface area (Å²) in [5.74, 6) is 11.0. The van der Waals surface area contributed by atoms with Gasteiger partial charge in [-0.05, 0) is 19.3 Å². The van der Waals surface area contributed by atoms with Crippen LogP contribution in [0.3, 0.4) is 0 Å². The van der Waals surface area contributed by atoms with Crippen molar-refractivity contribution >= 4 is 0 Å². The van der Waals surface area contributed by atoms with E-state index in [1.165, 1.54) is 19.3 Å². The molecule has 1 unspecified atom stereocenters. The first kappa shape index (κ1) is 7.59. The molecule has 1 atom stereocenters. The molecule has 0 saturated carbocycles. The first-order valence-corrected chi connectivity index (χ1v) is 3.77. The van der Waals surface area contributed by atoms with E-state index in [1.54, 1.807) is 0 Å². The SMILES string of the molecule is NOC1C#CCCCCC1. The number of rotatable bonds is 1. The lowest BCUT2D eigenvalue weighted by Crippen LogP contribution is -2.15. The molecule has 0 aromatic heterocycles. The Balaban J connectivity index is 2.39. The van der Waals surface area contributed by atoms with Gasteiger partial charge in [0.05, 0.1) is 0 Å². The molecule has 0 aromatic rings. The monoisotopic (exact) mass is 139 g/mol. The highest BCUT2D eigenvalue weighted by molar-refractivity contribution is 5.05. The van der Waals surface area contributed by atoms with E-state index < -0.39 is 0 Å². The molecule has 2 N–H and O–H groups in total. The Morgan fingerprint density at radius 1 is 1.30 bits per heavy atom. The number of hydrogen-bond acceptors (Lipinski definition) is 2. The van der Waals surface area contributed by atoms with E-state index in [2.05, 4.69) is 16.7 Å². The molecule has 0 saturated heterocycles. The normalized spacial score (nSPS) is 25.9. The van der Waals surface area contributed by atoms with Crippen LogP contribution in [0, 0.1) is 11.8 Å². The molecule has 56 valence electrons. The van der Waals surface area contributed by atoms with E-state index in [0.29, 0.717) is 0 Å². The van der Waals surface area contributed by atoms with Gasteiger partial charge in [-0.2, -0.15) is 0 Å². The molecule has 2 heteroatoms. The summed E-state index contributed by atoms with van der Waals surface area (Å²) in [6.45, 7) is 0. The molecule has 1 aliphatic carbocycles. The molecule has 0 aromatic carbocycles. The third-order valence-corrected chi connectivity index (χ3v) is 1.70. The van der Waals surface area contributed by atoms with Crippen LogP contribution in [0.2, 0.25) is 0 Å². The first-order valence-electron chi connectivity index (χ1n) is 3.77. The quantitative estimate of drug-likeness (QED) is 0.438. The summed E-state index contributed by atoms with van der Waals surface area (Å²) in [6.07, 6.45) is 5.65. The molecule has 0 heterocycles. The standard InChI is InChI=1S/C8H13NO/c9-10-8-6-4-2-1-3-5-7-8/h8H,1-4,6,9H2. The van der Waals surface area contributed by atoms with Crippen LogP contribution in [0.1, 0.15) is 32.1 Å². The second kappa shape index (κ2) is 4.32. The Labute approximate surface area is 61.7 Å². The predicted molar refractivity (Wildman–Crippen MR) is 39.9 cm³/mol. The van der Waals surface area contributed by atoms with Gasteiger partial charge in [-0.25, -0.2) is 5.90 Å². The highest BCUT2D eigenvalue weighted by atomic mass is 16.6. The zero-order valence-corrected chi connectivity index (χ0v) is 6.10. The van der Waals surface area contributed by atoms with E-state index in [0.717, 1.165) is 12.8 Å². The van der Waals surface area contributed by atoms with Crippen molar-refractivity contribution in [3.8, 4) is 11.8 Å². The Bertz CT molecular complexity index is 145. The van der Waals surface area contributed by atoms with Crippen LogP contribution in [0.4, 0.5) is 0 Å². The molecule has 0 aliphatic heterocycles. The van der Waals surface area contributed by atoms with E-state index in [4.69, 9.17) is 5.90 Å². The van der Waals surface area contributed by atoms with Crippen LogP contribution in [-0.4, -0.2) is 6.10 Å². The average Bonchev–Trinajstić information content (AvgIpc) is 1.87. The van der Waals surface area contributed by atoms with Gasteiger partial charge in [-0.1, -0.05) is 12.3 Å². The van der Waals surface area contributed by atoms with Gasteiger partial charge in [-0.3, -0.25) is 4.84 Å². The van der Waals surface area contributed by atoms with Crippen molar-refractivity contribution in [2.75, 3.05) is 0 Å². The smallest absolute Gasteiger partial charge is 0.139 e. The zero-order valence-electron chi connectivity index (χ0n) is 6.10. The molecular weight excluding hydrogens is 126 g/mol. The number of nitrogens with two attached hydrogens (primary N) is 1. The lowest BCUT2D eigenvalue weighted by molar-refractivity contribution is 0.0846. The summed E-state index contributed by atoms with van der Waals surface area (Å²) in [5.41, 5.74) is 0. The van der Waals surface area contributed by atoms with E-state index >= 15 is 0 Å². The molecule has 0 radical (unpaired) electrons. The van der Waals surface area contributed by atoms with Gasteiger partial charge in [0, 0.05) is 6.42 Å². The topological polar surface area (TPSA) is 35.2 Å². The Morgan fingerprint density at radius 2 is 2.20 bits per heavy atom. The van der Waals surface area contributed by atoms with E-state index in [-0.39, 0.29) is 6.10 Å². The summed E-state index contributed by atoms with van der Waals surface area (Å²) in [4.78, 5) is 4.65. The van der Waals surface area contributed by atoms with Gasteiger partial charge >= 0.3 is 0 Å². The minimum atomic E-state index is -0.0136. The molecule has 1 aliphatic rings. The summed E-state index contributed by atoms with van der Waals surface area (Å²) in [6, 6.07) is 0. The fraction of sp³-hybridized carbons (Fsp3) is 0.750. The molecular formula is C8H13NO. The molecule has 0 spiro atoms. The van der Waals surface area contributed by atoms with Crippen LogP contribution in [0.25, 0.3) is 0 Å². The molecule has 0 amide bonds. The molecule has 10 heavy (non-hydrogen) atoms. The summed E-state index contributed by atoms with van der Waals surface area (Å²) < 4.78 is 0. The van der Waals surface area contributed by atoms with E-state index in [1.807, 2.05) is 0 Å². The van der Waals surface area contributed by atoms with Crippen molar-refractivity contribution in [1.29, 1.82) is 0 Å². The predicted octanol–water partition coefficient (Wildman–Crippen LogP) is 1.21. The third-order valence-electron chi connectivity index (χ3n) is 1.70. The van der Waals surface area contributed by atoms with Crippen molar-refractivity contribution in [2.24, 2.45) is 5.90 Å². The van der Waals surface area contributed by atoms with Gasteiger partial charge < -0.3 is 0 Å². The second-order valence-electron chi connectivity index (χ2n) is 2.55. The first-order chi connectivity index (χ1) is 4.93. The summed E-state index contributed by atoms with van der Waals surface area (Å²) >= 11 is 0. The highest BCUT2D eigenvalue weighted by Gasteiger charge is 2.04. The van der Waals surface area contributed by atoms with Crippen molar-refractivity contribution < 1.29 is 4.84 Å². The second-order valence-corrected chi connectivity index (χ2v) is 2.55. The zero-order chi connectivity index (χ0) is 7.23. The van der Waals surface area contributed by atoms with Crippen LogP contribution < -0.4 is 5.90 Å². The largest absolute Gasteiger partial charge is 0.288 e. The van der Waals surface area contributed by atoms with E-state index in [9.17, 15) is 0 Å². The van der Waals surface area contributed by atoms with Crippen molar-refractivity contribution in [3.63, 3.8) is 0 Å². The molecule has 1 rings (SSSR count). The van der Waals surface area contributed by atoms with Gasteiger partial charge in [0.2, 0.25) is 0 Å². The molecule has 0 fully saturated rings. The number of hydrogen-bond donors (Lipinski definition) is 1. The average molecular weight is 139 g/mol. The maximum Gasteiger partial charge on any atom is 0.139 e. The van der Waals surface area contributed by atoms with Crippen molar-refractivity contribution in [2.45, 2.75) is 38.2 Å². The van der Waals surface area contributed by atoms with Crippen molar-refractivity contribution in [1.82, 2.24) is 0 Å². The van der Waals surface area contributed by atoms with Gasteiger partial charge in [0.25, 0.3) is 0 Å². The maximum atomic E-state index is 5.02. The van der Waals surface area contributed by atoms with Crippen molar-refractivity contribution in [3.05, 3.63) is 0 Å². The Kier molecular flexibility index (Phi) is 3.28. The lowest BCUT2D eigenvalue weighted by atomic mass is 10.1. The fourth-order valence-electron chi connectivity index (χ4n) is 1.08. The minimum Gasteiger partial charge on any atom is -0.288 e. The Morgan fingerprint density at radius 3 is 3.00 bits per heavy atom. The Hall–Kier alpha value is -0.520. The molecule has 2 nitrogen and oxygen atoms in total. The van der Waals surface area contributed by atoms with Gasteiger partial charge in [0.15, 0.2) is 0 Å². The summed E-state index contributed by atoms with van der Waals surface area (Å²) in [7, 11) is 0. The molecule has 0 bridgehead atoms. The van der Waals surface area contributed by atoms with Crippen LogP contribution >= 0.6 is 0 Å². The van der Waals surface area contributed by atoms with Crippen LogP contribution in [0.5, 0.6) is 0 Å². The maximum absolute atomic E-state index is 5.02. The van der Waals surface area contributed by atoms with Gasteiger partial charge in [0.1, 0.15) is 6.10 Å². The lowest BCUT2D eigenvalue weighted by Gasteiger charge is -2.08. The fourth-order valence-corrected chi connectivity index (χ4v) is 1.08. The minimum absolute atomic E-state index is 0.0136. The van der Waals surface area contributed by atoms with Crippen LogP contribution in [-0.2, 0) is 4.84 Å². The van der Waals surface area contributed by atoms with Gasteiger partial charge in [-0.15, -0.1) is 5.92 Å².